The molecule has 3 nitrogen and oxygen atoms in total. The Labute approximate surface area is 85.2 Å². The molecule has 0 N–H and O–H groups in total. The van der Waals surface area contributed by atoms with Crippen LogP contribution in [-0.2, 0) is 4.74 Å². The average Bonchev–Trinajstić information content (AvgIpc) is 2.05. The molecule has 2 rings (SSSR count). The maximum atomic E-state index is 5.51. The van der Waals surface area contributed by atoms with Crippen molar-refractivity contribution < 1.29 is 9.47 Å². The molecule has 13 heavy (non-hydrogen) atoms. The third-order valence-corrected chi connectivity index (χ3v) is 2.61. The van der Waals surface area contributed by atoms with Crippen LogP contribution in [0.5, 0.6) is 5.75 Å². The molecule has 1 atom stereocenters. The van der Waals surface area contributed by atoms with E-state index in [2.05, 4.69) is 20.9 Å². The number of pyridine rings is 1. The number of halogens is 1. The highest BCUT2D eigenvalue weighted by Crippen LogP contribution is 2.23. The van der Waals surface area contributed by atoms with Crippen LogP contribution in [0, 0.1) is 0 Å². The van der Waals surface area contributed by atoms with Crippen LogP contribution in [0.15, 0.2) is 22.9 Å². The lowest BCUT2D eigenvalue weighted by atomic mass is 10.2. The normalized spacial score (nSPS) is 20.8. The van der Waals surface area contributed by atoms with Gasteiger partial charge < -0.3 is 9.47 Å². The minimum absolute atomic E-state index is 0.270. The van der Waals surface area contributed by atoms with Crippen LogP contribution in [0.4, 0.5) is 0 Å². The fourth-order valence-corrected chi connectivity index (χ4v) is 1.40. The SMILES string of the molecule is Brc1ccncc1OCC1CCO1. The highest BCUT2D eigenvalue weighted by molar-refractivity contribution is 9.10. The summed E-state index contributed by atoms with van der Waals surface area (Å²) in [7, 11) is 0. The van der Waals surface area contributed by atoms with Crippen molar-refractivity contribution in [1.82, 2.24) is 4.98 Å². The second-order valence-corrected chi connectivity index (χ2v) is 3.75. The first-order chi connectivity index (χ1) is 6.36. The van der Waals surface area contributed by atoms with Crippen LogP contribution in [0.1, 0.15) is 6.42 Å². The van der Waals surface area contributed by atoms with E-state index in [9.17, 15) is 0 Å². The van der Waals surface area contributed by atoms with Gasteiger partial charge in [-0.1, -0.05) is 0 Å². The molecule has 0 saturated carbocycles. The molecule has 2 heterocycles. The molecule has 0 bridgehead atoms. The summed E-state index contributed by atoms with van der Waals surface area (Å²) < 4.78 is 11.7. The number of nitrogens with zero attached hydrogens (tertiary/aromatic N) is 1. The van der Waals surface area contributed by atoms with Crippen molar-refractivity contribution in [2.24, 2.45) is 0 Å². The molecule has 1 fully saturated rings. The predicted octanol–water partition coefficient (Wildman–Crippen LogP) is 2.01. The lowest BCUT2D eigenvalue weighted by molar-refractivity contribution is -0.0722. The maximum Gasteiger partial charge on any atom is 0.151 e. The van der Waals surface area contributed by atoms with E-state index >= 15 is 0 Å². The molecule has 1 aromatic heterocycles. The lowest BCUT2D eigenvalue weighted by Crippen LogP contribution is -2.32. The maximum absolute atomic E-state index is 5.51. The van der Waals surface area contributed by atoms with Crippen LogP contribution in [0.2, 0.25) is 0 Å². The highest BCUT2D eigenvalue weighted by atomic mass is 79.9. The van der Waals surface area contributed by atoms with Gasteiger partial charge in [0.2, 0.25) is 0 Å². The second kappa shape index (κ2) is 4.07. The smallest absolute Gasteiger partial charge is 0.151 e. The van der Waals surface area contributed by atoms with Crippen molar-refractivity contribution in [2.45, 2.75) is 12.5 Å². The molecule has 1 aliphatic rings. The van der Waals surface area contributed by atoms with Crippen LogP contribution >= 0.6 is 15.9 Å². The van der Waals surface area contributed by atoms with Crippen molar-refractivity contribution in [1.29, 1.82) is 0 Å². The Hall–Kier alpha value is -0.610. The van der Waals surface area contributed by atoms with Gasteiger partial charge in [-0.15, -0.1) is 0 Å². The minimum atomic E-state index is 0.270. The zero-order valence-electron chi connectivity index (χ0n) is 7.07. The Bertz CT molecular complexity index is 289. The number of aromatic nitrogens is 1. The molecule has 4 heteroatoms. The summed E-state index contributed by atoms with van der Waals surface area (Å²) in [5.74, 6) is 0.776. The summed E-state index contributed by atoms with van der Waals surface area (Å²) in [4.78, 5) is 3.97. The average molecular weight is 244 g/mol. The molecule has 0 radical (unpaired) electrons. The van der Waals surface area contributed by atoms with Gasteiger partial charge in [0.15, 0.2) is 5.75 Å². The van der Waals surface area contributed by atoms with Crippen LogP contribution in [0.25, 0.3) is 0 Å². The van der Waals surface area contributed by atoms with Crippen molar-refractivity contribution in [2.75, 3.05) is 13.2 Å². The van der Waals surface area contributed by atoms with Gasteiger partial charge in [-0.05, 0) is 22.0 Å². The van der Waals surface area contributed by atoms with E-state index in [0.29, 0.717) is 6.61 Å². The van der Waals surface area contributed by atoms with Gasteiger partial charge in [-0.3, -0.25) is 4.98 Å². The Morgan fingerprint density at radius 2 is 2.54 bits per heavy atom. The van der Waals surface area contributed by atoms with E-state index in [1.807, 2.05) is 6.07 Å². The molecule has 0 spiro atoms. The predicted molar refractivity (Wildman–Crippen MR) is 51.8 cm³/mol. The van der Waals surface area contributed by atoms with Crippen LogP contribution in [0.3, 0.4) is 0 Å². The van der Waals surface area contributed by atoms with Gasteiger partial charge in [0.25, 0.3) is 0 Å². The van der Waals surface area contributed by atoms with E-state index in [4.69, 9.17) is 9.47 Å². The molecule has 0 aliphatic carbocycles. The zero-order chi connectivity index (χ0) is 9.10. The van der Waals surface area contributed by atoms with Gasteiger partial charge in [0, 0.05) is 19.2 Å². The minimum Gasteiger partial charge on any atom is -0.488 e. The van der Waals surface area contributed by atoms with Crippen molar-refractivity contribution in [3.05, 3.63) is 22.9 Å². The number of ether oxygens (including phenoxy) is 2. The Morgan fingerprint density at radius 3 is 3.15 bits per heavy atom. The van der Waals surface area contributed by atoms with Crippen molar-refractivity contribution in [3.63, 3.8) is 0 Å². The fourth-order valence-electron chi connectivity index (χ4n) is 1.07. The summed E-state index contributed by atoms with van der Waals surface area (Å²) in [6, 6.07) is 1.86. The number of hydrogen-bond acceptors (Lipinski definition) is 3. The molecule has 0 aromatic carbocycles. The third kappa shape index (κ3) is 2.19. The summed E-state index contributed by atoms with van der Waals surface area (Å²) in [5, 5.41) is 0. The van der Waals surface area contributed by atoms with E-state index in [-0.39, 0.29) is 6.10 Å². The van der Waals surface area contributed by atoms with Crippen molar-refractivity contribution in [3.8, 4) is 5.75 Å². The highest BCUT2D eigenvalue weighted by Gasteiger charge is 2.18. The topological polar surface area (TPSA) is 31.4 Å². The van der Waals surface area contributed by atoms with E-state index in [1.54, 1.807) is 12.4 Å². The summed E-state index contributed by atoms with van der Waals surface area (Å²) in [6.07, 6.45) is 4.78. The molecular weight excluding hydrogens is 234 g/mol. The Balaban J connectivity index is 1.89. The van der Waals surface area contributed by atoms with Crippen LogP contribution in [-0.4, -0.2) is 24.3 Å². The Morgan fingerprint density at radius 1 is 1.69 bits per heavy atom. The number of hydrogen-bond donors (Lipinski definition) is 0. The first-order valence-corrected chi connectivity index (χ1v) is 4.99. The monoisotopic (exact) mass is 243 g/mol. The Kier molecular flexibility index (Phi) is 2.80. The molecule has 1 saturated heterocycles. The lowest BCUT2D eigenvalue weighted by Gasteiger charge is -2.26. The van der Waals surface area contributed by atoms with Gasteiger partial charge >= 0.3 is 0 Å². The zero-order valence-corrected chi connectivity index (χ0v) is 8.66. The number of rotatable bonds is 3. The first-order valence-electron chi connectivity index (χ1n) is 4.20. The van der Waals surface area contributed by atoms with E-state index in [1.165, 1.54) is 0 Å². The molecule has 1 unspecified atom stereocenters. The first kappa shape index (κ1) is 8.97. The molecule has 70 valence electrons. The molecule has 1 aliphatic heterocycles. The van der Waals surface area contributed by atoms with E-state index in [0.717, 1.165) is 23.2 Å². The second-order valence-electron chi connectivity index (χ2n) is 2.90. The summed E-state index contributed by atoms with van der Waals surface area (Å²) in [6.45, 7) is 1.48. The van der Waals surface area contributed by atoms with Crippen LogP contribution < -0.4 is 4.74 Å². The van der Waals surface area contributed by atoms with Gasteiger partial charge in [0.1, 0.15) is 6.61 Å². The molecule has 1 aromatic rings. The molecule has 0 amide bonds. The van der Waals surface area contributed by atoms with Crippen molar-refractivity contribution >= 4 is 15.9 Å². The largest absolute Gasteiger partial charge is 0.488 e. The van der Waals surface area contributed by atoms with Gasteiger partial charge in [-0.2, -0.15) is 0 Å². The van der Waals surface area contributed by atoms with Gasteiger partial charge in [0.05, 0.1) is 16.8 Å². The summed E-state index contributed by atoms with van der Waals surface area (Å²) >= 11 is 3.38. The summed E-state index contributed by atoms with van der Waals surface area (Å²) in [5.41, 5.74) is 0. The van der Waals surface area contributed by atoms with E-state index < -0.39 is 0 Å². The quantitative estimate of drug-likeness (QED) is 0.814. The third-order valence-electron chi connectivity index (χ3n) is 1.95. The fraction of sp³-hybridized carbons (Fsp3) is 0.444. The molecular formula is C9H10BrNO2. The standard InChI is InChI=1S/C9H10BrNO2/c10-8-1-3-11-5-9(8)13-6-7-2-4-12-7/h1,3,5,7H,2,4,6H2. The van der Waals surface area contributed by atoms with Gasteiger partial charge in [-0.25, -0.2) is 0 Å².